The van der Waals surface area contributed by atoms with Gasteiger partial charge in [0.1, 0.15) is 0 Å². The first kappa shape index (κ1) is 12.7. The lowest BCUT2D eigenvalue weighted by atomic mass is 9.98. The fourth-order valence-electron chi connectivity index (χ4n) is 1.57. The quantitative estimate of drug-likeness (QED) is 0.636. The lowest BCUT2D eigenvalue weighted by Gasteiger charge is -2.17. The van der Waals surface area contributed by atoms with Gasteiger partial charge in [-0.3, -0.25) is 11.3 Å². The van der Waals surface area contributed by atoms with E-state index in [2.05, 4.69) is 47.3 Å². The summed E-state index contributed by atoms with van der Waals surface area (Å²) < 4.78 is 1.10. The van der Waals surface area contributed by atoms with Gasteiger partial charge in [0, 0.05) is 10.5 Å². The summed E-state index contributed by atoms with van der Waals surface area (Å²) >= 11 is 3.47. The lowest BCUT2D eigenvalue weighted by Crippen LogP contribution is -2.28. The molecule has 0 bridgehead atoms. The van der Waals surface area contributed by atoms with Crippen LogP contribution in [0.25, 0.3) is 0 Å². The molecule has 0 saturated carbocycles. The van der Waals surface area contributed by atoms with Crippen molar-refractivity contribution in [3.8, 4) is 0 Å². The lowest BCUT2D eigenvalue weighted by molar-refractivity contribution is 0.448. The number of nitrogens with two attached hydrogens (primary N) is 1. The second-order valence-corrected chi connectivity index (χ2v) is 5.16. The Morgan fingerprint density at radius 3 is 2.60 bits per heavy atom. The van der Waals surface area contributed by atoms with Crippen LogP contribution in [0.2, 0.25) is 0 Å². The Bertz CT molecular complexity index is 299. The van der Waals surface area contributed by atoms with Crippen LogP contribution in [-0.2, 0) is 0 Å². The summed E-state index contributed by atoms with van der Waals surface area (Å²) in [6.45, 7) is 4.46. The van der Waals surface area contributed by atoms with Gasteiger partial charge in [-0.2, -0.15) is 0 Å². The molecule has 0 radical (unpaired) electrons. The van der Waals surface area contributed by atoms with Crippen LogP contribution < -0.4 is 11.3 Å². The number of hydrazine groups is 1. The van der Waals surface area contributed by atoms with E-state index >= 15 is 0 Å². The van der Waals surface area contributed by atoms with Crippen LogP contribution in [0.1, 0.15) is 38.3 Å². The third-order valence-electron chi connectivity index (χ3n) is 2.48. The number of nitrogens with one attached hydrogen (secondary N) is 1. The van der Waals surface area contributed by atoms with Crippen molar-refractivity contribution in [1.29, 1.82) is 0 Å². The molecule has 0 aromatic heterocycles. The largest absolute Gasteiger partial charge is 0.271 e. The van der Waals surface area contributed by atoms with Crippen molar-refractivity contribution in [2.75, 3.05) is 0 Å². The third-order valence-corrected chi connectivity index (χ3v) is 2.98. The molecule has 1 unspecified atom stereocenters. The molecule has 3 heteroatoms. The van der Waals surface area contributed by atoms with Crippen LogP contribution >= 0.6 is 15.9 Å². The number of benzene rings is 1. The highest BCUT2D eigenvalue weighted by molar-refractivity contribution is 9.10. The second-order valence-electron chi connectivity index (χ2n) is 4.25. The van der Waals surface area contributed by atoms with Gasteiger partial charge < -0.3 is 0 Å². The summed E-state index contributed by atoms with van der Waals surface area (Å²) in [4.78, 5) is 0. The van der Waals surface area contributed by atoms with E-state index in [1.54, 1.807) is 0 Å². The molecule has 0 saturated heterocycles. The molecule has 1 aromatic rings. The minimum Gasteiger partial charge on any atom is -0.271 e. The highest BCUT2D eigenvalue weighted by Crippen LogP contribution is 2.22. The van der Waals surface area contributed by atoms with E-state index in [9.17, 15) is 0 Å². The van der Waals surface area contributed by atoms with Gasteiger partial charge in [0.05, 0.1) is 0 Å². The highest BCUT2D eigenvalue weighted by Gasteiger charge is 2.10. The minimum absolute atomic E-state index is 0.255. The van der Waals surface area contributed by atoms with E-state index in [1.807, 2.05) is 12.1 Å². The molecule has 2 nitrogen and oxygen atoms in total. The number of halogens is 1. The fourth-order valence-corrected chi connectivity index (χ4v) is 1.99. The Kier molecular flexibility index (Phi) is 5.29. The summed E-state index contributed by atoms with van der Waals surface area (Å²) in [5.41, 5.74) is 4.12. The van der Waals surface area contributed by atoms with Crippen LogP contribution in [0.4, 0.5) is 0 Å². The summed E-state index contributed by atoms with van der Waals surface area (Å²) in [6, 6.07) is 8.55. The van der Waals surface area contributed by atoms with E-state index in [4.69, 9.17) is 5.84 Å². The third kappa shape index (κ3) is 4.33. The molecule has 15 heavy (non-hydrogen) atoms. The average molecular weight is 271 g/mol. The average Bonchev–Trinajstić information content (AvgIpc) is 2.18. The van der Waals surface area contributed by atoms with Gasteiger partial charge in [0.2, 0.25) is 0 Å². The topological polar surface area (TPSA) is 38.0 Å². The minimum atomic E-state index is 0.255. The predicted octanol–water partition coefficient (Wildman–Crippen LogP) is 3.39. The summed E-state index contributed by atoms with van der Waals surface area (Å²) in [5.74, 6) is 6.29. The highest BCUT2D eigenvalue weighted by atomic mass is 79.9. The van der Waals surface area contributed by atoms with E-state index in [1.165, 1.54) is 12.0 Å². The molecule has 0 amide bonds. The van der Waals surface area contributed by atoms with Crippen molar-refractivity contribution in [2.24, 2.45) is 11.8 Å². The van der Waals surface area contributed by atoms with Crippen LogP contribution in [0, 0.1) is 5.92 Å². The van der Waals surface area contributed by atoms with Crippen LogP contribution in [0.5, 0.6) is 0 Å². The molecule has 1 rings (SSSR count). The van der Waals surface area contributed by atoms with Crippen LogP contribution in [0.3, 0.4) is 0 Å². The zero-order valence-corrected chi connectivity index (χ0v) is 10.9. The van der Waals surface area contributed by atoms with Crippen molar-refractivity contribution in [3.63, 3.8) is 0 Å². The van der Waals surface area contributed by atoms with E-state index in [0.29, 0.717) is 5.92 Å². The fraction of sp³-hybridized carbons (Fsp3) is 0.500. The molecule has 0 aliphatic carbocycles. The van der Waals surface area contributed by atoms with Crippen molar-refractivity contribution in [2.45, 2.75) is 32.7 Å². The SMILES string of the molecule is CC(C)CCC(NN)c1cccc(Br)c1. The van der Waals surface area contributed by atoms with Crippen LogP contribution in [-0.4, -0.2) is 0 Å². The first-order valence-corrected chi connectivity index (χ1v) is 6.14. The van der Waals surface area contributed by atoms with E-state index in [-0.39, 0.29) is 6.04 Å². The summed E-state index contributed by atoms with van der Waals surface area (Å²) in [7, 11) is 0. The van der Waals surface area contributed by atoms with Gasteiger partial charge >= 0.3 is 0 Å². The first-order valence-electron chi connectivity index (χ1n) is 5.35. The first-order chi connectivity index (χ1) is 7.13. The Balaban J connectivity index is 2.65. The van der Waals surface area contributed by atoms with Crippen LogP contribution in [0.15, 0.2) is 28.7 Å². The van der Waals surface area contributed by atoms with Gasteiger partial charge in [0.15, 0.2) is 0 Å². The maximum atomic E-state index is 5.58. The second kappa shape index (κ2) is 6.26. The zero-order chi connectivity index (χ0) is 11.3. The molecular weight excluding hydrogens is 252 g/mol. The van der Waals surface area contributed by atoms with Crippen molar-refractivity contribution >= 4 is 15.9 Å². The van der Waals surface area contributed by atoms with E-state index < -0.39 is 0 Å². The Hall–Kier alpha value is -0.380. The Morgan fingerprint density at radius 2 is 2.07 bits per heavy atom. The number of hydrogen-bond donors (Lipinski definition) is 2. The molecule has 0 spiro atoms. The number of hydrogen-bond acceptors (Lipinski definition) is 2. The molecule has 0 aliphatic rings. The smallest absolute Gasteiger partial charge is 0.0460 e. The maximum absolute atomic E-state index is 5.58. The standard InChI is InChI=1S/C12H19BrN2/c1-9(2)6-7-12(15-14)10-4-3-5-11(13)8-10/h3-5,8-9,12,15H,6-7,14H2,1-2H3. The van der Waals surface area contributed by atoms with Gasteiger partial charge in [-0.1, -0.05) is 41.9 Å². The molecule has 1 aromatic carbocycles. The predicted molar refractivity (Wildman–Crippen MR) is 68.3 cm³/mol. The Labute approximate surface area is 100 Å². The normalized spacial score (nSPS) is 13.1. The Morgan fingerprint density at radius 1 is 1.33 bits per heavy atom. The van der Waals surface area contributed by atoms with Crippen molar-refractivity contribution in [3.05, 3.63) is 34.3 Å². The zero-order valence-electron chi connectivity index (χ0n) is 9.33. The maximum Gasteiger partial charge on any atom is 0.0460 e. The molecule has 3 N–H and O–H groups in total. The molecule has 1 atom stereocenters. The summed E-state index contributed by atoms with van der Waals surface area (Å²) in [5, 5.41) is 0. The van der Waals surface area contributed by atoms with E-state index in [0.717, 1.165) is 10.9 Å². The molecule has 0 heterocycles. The van der Waals surface area contributed by atoms with Crippen molar-refractivity contribution in [1.82, 2.24) is 5.43 Å². The molecule has 0 aliphatic heterocycles. The molecular formula is C12H19BrN2. The number of rotatable bonds is 5. The van der Waals surface area contributed by atoms with Gasteiger partial charge in [-0.25, -0.2) is 0 Å². The van der Waals surface area contributed by atoms with Crippen molar-refractivity contribution < 1.29 is 0 Å². The molecule has 0 fully saturated rings. The van der Waals surface area contributed by atoms with Gasteiger partial charge in [-0.15, -0.1) is 0 Å². The van der Waals surface area contributed by atoms with Gasteiger partial charge in [-0.05, 0) is 36.5 Å². The molecule has 84 valence electrons. The summed E-state index contributed by atoms with van der Waals surface area (Å²) in [6.07, 6.45) is 2.26. The monoisotopic (exact) mass is 270 g/mol. The van der Waals surface area contributed by atoms with Gasteiger partial charge in [0.25, 0.3) is 0 Å².